The van der Waals surface area contributed by atoms with Crippen LogP contribution in [-0.4, -0.2) is 25.8 Å². The van der Waals surface area contributed by atoms with Gasteiger partial charge in [-0.3, -0.25) is 0 Å². The van der Waals surface area contributed by atoms with E-state index in [1.165, 1.54) is 10.4 Å². The molecule has 1 aromatic carbocycles. The Morgan fingerprint density at radius 1 is 1.25 bits per heavy atom. The van der Waals surface area contributed by atoms with Crippen LogP contribution in [0.15, 0.2) is 23.1 Å². The third-order valence-corrected chi connectivity index (χ3v) is 5.15. The molecule has 3 nitrogen and oxygen atoms in total. The molecule has 0 aromatic heterocycles. The first-order valence-corrected chi connectivity index (χ1v) is 7.10. The molecule has 0 saturated carbocycles. The molecule has 0 bridgehead atoms. The topological polar surface area (TPSA) is 37.4 Å². The van der Waals surface area contributed by atoms with Gasteiger partial charge in [-0.15, -0.1) is 0 Å². The predicted octanol–water partition coefficient (Wildman–Crippen LogP) is 2.43. The molecular weight excluding hydrogens is 246 g/mol. The highest BCUT2D eigenvalue weighted by molar-refractivity contribution is 7.89. The summed E-state index contributed by atoms with van der Waals surface area (Å²) in [5, 5.41) is 0.500. The van der Waals surface area contributed by atoms with E-state index in [-0.39, 0.29) is 0 Å². The van der Waals surface area contributed by atoms with Crippen molar-refractivity contribution < 1.29 is 8.42 Å². The highest BCUT2D eigenvalue weighted by atomic mass is 35.5. The van der Waals surface area contributed by atoms with E-state index in [0.717, 1.165) is 18.4 Å². The zero-order chi connectivity index (χ0) is 11.8. The van der Waals surface area contributed by atoms with E-state index >= 15 is 0 Å². The van der Waals surface area contributed by atoms with Crippen molar-refractivity contribution in [1.82, 2.24) is 4.31 Å². The van der Waals surface area contributed by atoms with Crippen molar-refractivity contribution in [1.29, 1.82) is 0 Å². The summed E-state index contributed by atoms with van der Waals surface area (Å²) < 4.78 is 25.9. The number of sulfonamides is 1. The van der Waals surface area contributed by atoms with Gasteiger partial charge in [-0.25, -0.2) is 8.42 Å². The van der Waals surface area contributed by atoms with Crippen LogP contribution in [0, 0.1) is 6.92 Å². The molecule has 1 fully saturated rings. The largest absolute Gasteiger partial charge is 0.243 e. The van der Waals surface area contributed by atoms with E-state index in [9.17, 15) is 8.42 Å². The molecule has 1 aromatic rings. The second-order valence-electron chi connectivity index (χ2n) is 4.02. The maximum atomic E-state index is 12.2. The van der Waals surface area contributed by atoms with Crippen molar-refractivity contribution in [3.05, 3.63) is 28.8 Å². The highest BCUT2D eigenvalue weighted by Crippen LogP contribution is 2.24. The zero-order valence-corrected chi connectivity index (χ0v) is 10.7. The minimum atomic E-state index is -3.33. The summed E-state index contributed by atoms with van der Waals surface area (Å²) in [7, 11) is -3.33. The van der Waals surface area contributed by atoms with Crippen molar-refractivity contribution in [2.75, 3.05) is 13.1 Å². The van der Waals surface area contributed by atoms with E-state index in [4.69, 9.17) is 11.6 Å². The molecule has 0 atom stereocenters. The second-order valence-corrected chi connectivity index (χ2v) is 6.37. The quantitative estimate of drug-likeness (QED) is 0.818. The molecule has 1 aliphatic rings. The number of hydrogen-bond acceptors (Lipinski definition) is 2. The van der Waals surface area contributed by atoms with Gasteiger partial charge in [0.1, 0.15) is 0 Å². The summed E-state index contributed by atoms with van der Waals surface area (Å²) in [5.74, 6) is 0. The second kappa shape index (κ2) is 4.35. The molecule has 5 heteroatoms. The van der Waals surface area contributed by atoms with E-state index in [1.54, 1.807) is 12.1 Å². The Labute approximate surface area is 101 Å². The van der Waals surface area contributed by atoms with Gasteiger partial charge in [-0.2, -0.15) is 4.31 Å². The van der Waals surface area contributed by atoms with Crippen LogP contribution in [-0.2, 0) is 10.0 Å². The number of nitrogens with zero attached hydrogens (tertiary/aromatic N) is 1. The molecule has 0 spiro atoms. The normalized spacial score (nSPS) is 17.9. The van der Waals surface area contributed by atoms with Crippen molar-refractivity contribution >= 4 is 21.6 Å². The Bertz CT molecular complexity index is 493. The molecule has 0 aliphatic carbocycles. The van der Waals surface area contributed by atoms with Crippen molar-refractivity contribution in [2.24, 2.45) is 0 Å². The maximum absolute atomic E-state index is 12.2. The van der Waals surface area contributed by atoms with Gasteiger partial charge >= 0.3 is 0 Å². The minimum Gasteiger partial charge on any atom is -0.207 e. The van der Waals surface area contributed by atoms with Crippen LogP contribution in [0.3, 0.4) is 0 Å². The van der Waals surface area contributed by atoms with Crippen LogP contribution in [0.1, 0.15) is 18.4 Å². The van der Waals surface area contributed by atoms with Gasteiger partial charge in [-0.1, -0.05) is 17.7 Å². The Hall–Kier alpha value is -0.580. The first-order valence-electron chi connectivity index (χ1n) is 5.28. The molecule has 2 rings (SSSR count). The van der Waals surface area contributed by atoms with Crippen LogP contribution in [0.5, 0.6) is 0 Å². The first kappa shape index (κ1) is 11.9. The molecular formula is C11H14ClNO2S. The monoisotopic (exact) mass is 259 g/mol. The predicted molar refractivity (Wildman–Crippen MR) is 64.2 cm³/mol. The molecule has 0 N–H and O–H groups in total. The van der Waals surface area contributed by atoms with Crippen LogP contribution < -0.4 is 0 Å². The number of hydrogen-bond donors (Lipinski definition) is 0. The van der Waals surface area contributed by atoms with Crippen molar-refractivity contribution in [2.45, 2.75) is 24.7 Å². The summed E-state index contributed by atoms with van der Waals surface area (Å²) in [6, 6.07) is 4.89. The van der Waals surface area contributed by atoms with Gasteiger partial charge in [-0.05, 0) is 37.5 Å². The highest BCUT2D eigenvalue weighted by Gasteiger charge is 2.27. The van der Waals surface area contributed by atoms with Gasteiger partial charge in [0.25, 0.3) is 0 Å². The number of benzene rings is 1. The average molecular weight is 260 g/mol. The zero-order valence-electron chi connectivity index (χ0n) is 9.11. The summed E-state index contributed by atoms with van der Waals surface area (Å²) in [6.45, 7) is 3.09. The molecule has 1 aliphatic heterocycles. The molecule has 0 amide bonds. The summed E-state index contributed by atoms with van der Waals surface area (Å²) >= 11 is 5.94. The number of rotatable bonds is 2. The fourth-order valence-electron chi connectivity index (χ4n) is 1.81. The SMILES string of the molecule is Cc1ccc(S(=O)(=O)N2CCCC2)cc1Cl. The number of aryl methyl sites for hydroxylation is 1. The Morgan fingerprint density at radius 3 is 2.44 bits per heavy atom. The third-order valence-electron chi connectivity index (χ3n) is 2.85. The molecule has 1 heterocycles. The van der Waals surface area contributed by atoms with Gasteiger partial charge < -0.3 is 0 Å². The fraction of sp³-hybridized carbons (Fsp3) is 0.455. The maximum Gasteiger partial charge on any atom is 0.243 e. The van der Waals surface area contributed by atoms with Gasteiger partial charge in [0.05, 0.1) is 4.90 Å². The minimum absolute atomic E-state index is 0.296. The molecule has 0 unspecified atom stereocenters. The van der Waals surface area contributed by atoms with Gasteiger partial charge in [0.2, 0.25) is 10.0 Å². The van der Waals surface area contributed by atoms with Crippen LogP contribution in [0.4, 0.5) is 0 Å². The number of halogens is 1. The standard InChI is InChI=1S/C11H14ClNO2S/c1-9-4-5-10(8-11(9)12)16(14,15)13-6-2-3-7-13/h4-5,8H,2-3,6-7H2,1H3. The van der Waals surface area contributed by atoms with Crippen LogP contribution in [0.2, 0.25) is 5.02 Å². The van der Waals surface area contributed by atoms with Crippen molar-refractivity contribution in [3.8, 4) is 0 Å². The van der Waals surface area contributed by atoms with E-state index in [0.29, 0.717) is 23.0 Å². The summed E-state index contributed by atoms with van der Waals surface area (Å²) in [5.41, 5.74) is 0.891. The lowest BCUT2D eigenvalue weighted by Crippen LogP contribution is -2.27. The fourth-order valence-corrected chi connectivity index (χ4v) is 3.60. The Kier molecular flexibility index (Phi) is 3.24. The van der Waals surface area contributed by atoms with Crippen molar-refractivity contribution in [3.63, 3.8) is 0 Å². The average Bonchev–Trinajstić information content (AvgIpc) is 2.75. The van der Waals surface area contributed by atoms with E-state index in [1.807, 2.05) is 6.92 Å². The Morgan fingerprint density at radius 2 is 1.88 bits per heavy atom. The molecule has 0 radical (unpaired) electrons. The van der Waals surface area contributed by atoms with Crippen LogP contribution >= 0.6 is 11.6 Å². The van der Waals surface area contributed by atoms with Gasteiger partial charge in [0.15, 0.2) is 0 Å². The lowest BCUT2D eigenvalue weighted by atomic mass is 10.2. The Balaban J connectivity index is 2.39. The lowest BCUT2D eigenvalue weighted by Gasteiger charge is -2.15. The van der Waals surface area contributed by atoms with E-state index in [2.05, 4.69) is 0 Å². The third kappa shape index (κ3) is 2.10. The van der Waals surface area contributed by atoms with E-state index < -0.39 is 10.0 Å². The lowest BCUT2D eigenvalue weighted by molar-refractivity contribution is 0.477. The summed E-state index contributed by atoms with van der Waals surface area (Å²) in [4.78, 5) is 0.296. The van der Waals surface area contributed by atoms with Gasteiger partial charge in [0, 0.05) is 18.1 Å². The van der Waals surface area contributed by atoms with Crippen LogP contribution in [0.25, 0.3) is 0 Å². The first-order chi connectivity index (χ1) is 7.51. The molecule has 88 valence electrons. The summed E-state index contributed by atoms with van der Waals surface area (Å²) in [6.07, 6.45) is 1.89. The molecule has 16 heavy (non-hydrogen) atoms. The smallest absolute Gasteiger partial charge is 0.207 e. The molecule has 1 saturated heterocycles.